The molecule has 0 radical (unpaired) electrons. The molecule has 0 aliphatic heterocycles. The number of hydrogen-bond donors (Lipinski definition) is 0. The minimum atomic E-state index is -3.67. The van der Waals surface area contributed by atoms with E-state index in [1.165, 1.54) is 17.3 Å². The molecule has 21 heavy (non-hydrogen) atoms. The molecule has 0 saturated carbocycles. The number of aromatic nitrogens is 1. The van der Waals surface area contributed by atoms with Crippen LogP contribution in [0.2, 0.25) is 5.02 Å². The fourth-order valence-electron chi connectivity index (χ4n) is 2.21. The third kappa shape index (κ3) is 2.28. The molecule has 6 heteroatoms. The van der Waals surface area contributed by atoms with Crippen LogP contribution in [0.4, 0.5) is 0 Å². The summed E-state index contributed by atoms with van der Waals surface area (Å²) in [6, 6.07) is 13.3. The highest BCUT2D eigenvalue weighted by atomic mass is 35.5. The minimum Gasteiger partial charge on any atom is -0.494 e. The maximum Gasteiger partial charge on any atom is 0.268 e. The summed E-state index contributed by atoms with van der Waals surface area (Å²) in [4.78, 5) is 0.222. The number of halogens is 1. The molecular weight excluding hydrogens is 310 g/mol. The van der Waals surface area contributed by atoms with Crippen molar-refractivity contribution in [3.05, 3.63) is 59.8 Å². The van der Waals surface area contributed by atoms with Crippen LogP contribution in [-0.4, -0.2) is 19.5 Å². The summed E-state index contributed by atoms with van der Waals surface area (Å²) >= 11 is 5.97. The summed E-state index contributed by atoms with van der Waals surface area (Å²) in [5.74, 6) is 0.465. The average Bonchev–Trinajstić information content (AvgIpc) is 2.86. The summed E-state index contributed by atoms with van der Waals surface area (Å²) in [6.45, 7) is 0. The molecule has 108 valence electrons. The lowest BCUT2D eigenvalue weighted by Crippen LogP contribution is -2.11. The van der Waals surface area contributed by atoms with E-state index in [9.17, 15) is 8.42 Å². The zero-order valence-electron chi connectivity index (χ0n) is 11.2. The number of fused-ring (bicyclic) bond motifs is 1. The zero-order chi connectivity index (χ0) is 15.0. The topological polar surface area (TPSA) is 48.3 Å². The second kappa shape index (κ2) is 5.09. The van der Waals surface area contributed by atoms with Crippen LogP contribution in [0.5, 0.6) is 5.75 Å². The van der Waals surface area contributed by atoms with Crippen molar-refractivity contribution >= 4 is 32.5 Å². The molecule has 2 aromatic carbocycles. The highest BCUT2D eigenvalue weighted by Crippen LogP contribution is 2.32. The average molecular weight is 322 g/mol. The van der Waals surface area contributed by atoms with Gasteiger partial charge in [0.2, 0.25) is 0 Å². The Kier molecular flexibility index (Phi) is 3.39. The van der Waals surface area contributed by atoms with Crippen LogP contribution in [-0.2, 0) is 10.0 Å². The Labute approximate surface area is 127 Å². The van der Waals surface area contributed by atoms with Crippen molar-refractivity contribution in [2.75, 3.05) is 7.11 Å². The fourth-order valence-corrected chi connectivity index (χ4v) is 3.76. The molecule has 3 aromatic rings. The summed E-state index contributed by atoms with van der Waals surface area (Å²) < 4.78 is 31.9. The van der Waals surface area contributed by atoms with Gasteiger partial charge in [0, 0.05) is 10.4 Å². The lowest BCUT2D eigenvalue weighted by molar-refractivity contribution is 0.419. The van der Waals surface area contributed by atoms with Crippen LogP contribution in [0.25, 0.3) is 10.9 Å². The monoisotopic (exact) mass is 321 g/mol. The summed E-state index contributed by atoms with van der Waals surface area (Å²) in [5.41, 5.74) is 0.528. The first-order valence-corrected chi connectivity index (χ1v) is 8.01. The van der Waals surface area contributed by atoms with Crippen LogP contribution in [0.1, 0.15) is 0 Å². The molecule has 0 fully saturated rings. The van der Waals surface area contributed by atoms with Crippen molar-refractivity contribution < 1.29 is 13.2 Å². The van der Waals surface area contributed by atoms with E-state index in [0.29, 0.717) is 21.7 Å². The summed E-state index contributed by atoms with van der Waals surface area (Å²) in [6.07, 6.45) is 1.46. The van der Waals surface area contributed by atoms with Crippen molar-refractivity contribution in [1.29, 1.82) is 0 Å². The maximum absolute atomic E-state index is 12.7. The van der Waals surface area contributed by atoms with Gasteiger partial charge in [-0.05, 0) is 30.3 Å². The molecule has 0 unspecified atom stereocenters. The van der Waals surface area contributed by atoms with Gasteiger partial charge in [-0.15, -0.1) is 0 Å². The standard InChI is InChI=1S/C15H12ClNO3S/c1-20-15-10-17(14-8-7-11(16)9-13(14)15)21(18,19)12-5-3-2-4-6-12/h2-10H,1H3. The fraction of sp³-hybridized carbons (Fsp3) is 0.0667. The number of methoxy groups -OCH3 is 1. The molecule has 0 bridgehead atoms. The Morgan fingerprint density at radius 2 is 1.81 bits per heavy atom. The molecule has 1 heterocycles. The second-order valence-electron chi connectivity index (χ2n) is 4.47. The predicted molar refractivity (Wildman–Crippen MR) is 82.5 cm³/mol. The smallest absolute Gasteiger partial charge is 0.268 e. The second-order valence-corrected chi connectivity index (χ2v) is 6.72. The number of ether oxygens (including phenoxy) is 1. The van der Waals surface area contributed by atoms with Crippen molar-refractivity contribution in [2.24, 2.45) is 0 Å². The van der Waals surface area contributed by atoms with Gasteiger partial charge >= 0.3 is 0 Å². The molecule has 0 amide bonds. The van der Waals surface area contributed by atoms with E-state index < -0.39 is 10.0 Å². The van der Waals surface area contributed by atoms with E-state index >= 15 is 0 Å². The first-order valence-electron chi connectivity index (χ1n) is 6.19. The molecule has 0 spiro atoms. The Morgan fingerprint density at radius 3 is 2.48 bits per heavy atom. The molecule has 0 saturated heterocycles. The van der Waals surface area contributed by atoms with Gasteiger partial charge in [-0.1, -0.05) is 29.8 Å². The number of nitrogens with zero attached hydrogens (tertiary/aromatic N) is 1. The number of hydrogen-bond acceptors (Lipinski definition) is 3. The quantitative estimate of drug-likeness (QED) is 0.741. The number of benzene rings is 2. The highest BCUT2D eigenvalue weighted by Gasteiger charge is 2.21. The van der Waals surface area contributed by atoms with Gasteiger partial charge in [-0.25, -0.2) is 12.4 Å². The lowest BCUT2D eigenvalue weighted by atomic mass is 10.2. The number of rotatable bonds is 3. The van der Waals surface area contributed by atoms with Crippen molar-refractivity contribution in [1.82, 2.24) is 3.97 Å². The van der Waals surface area contributed by atoms with Gasteiger partial charge in [0.25, 0.3) is 10.0 Å². The Balaban J connectivity index is 2.31. The third-order valence-electron chi connectivity index (χ3n) is 3.22. The molecule has 3 rings (SSSR count). The normalized spacial score (nSPS) is 11.7. The van der Waals surface area contributed by atoms with Gasteiger partial charge in [0.05, 0.1) is 23.7 Å². The maximum atomic E-state index is 12.7. The molecule has 1 aromatic heterocycles. The minimum absolute atomic E-state index is 0.222. The van der Waals surface area contributed by atoms with Crippen LogP contribution in [0, 0.1) is 0 Å². The van der Waals surface area contributed by atoms with E-state index in [-0.39, 0.29) is 4.90 Å². The molecule has 0 atom stereocenters. The van der Waals surface area contributed by atoms with Crippen LogP contribution in [0.3, 0.4) is 0 Å². The summed E-state index contributed by atoms with van der Waals surface area (Å²) in [7, 11) is -2.18. The zero-order valence-corrected chi connectivity index (χ0v) is 12.7. The Bertz CT molecular complexity index is 901. The van der Waals surface area contributed by atoms with E-state index in [1.807, 2.05) is 0 Å². The largest absolute Gasteiger partial charge is 0.494 e. The highest BCUT2D eigenvalue weighted by molar-refractivity contribution is 7.90. The van der Waals surface area contributed by atoms with Crippen LogP contribution >= 0.6 is 11.6 Å². The van der Waals surface area contributed by atoms with Crippen molar-refractivity contribution in [3.63, 3.8) is 0 Å². The molecule has 4 nitrogen and oxygen atoms in total. The van der Waals surface area contributed by atoms with Crippen LogP contribution < -0.4 is 4.74 Å². The predicted octanol–water partition coefficient (Wildman–Crippen LogP) is 3.54. The van der Waals surface area contributed by atoms with E-state index in [2.05, 4.69) is 0 Å². The SMILES string of the molecule is COc1cn(S(=O)(=O)c2ccccc2)c2ccc(Cl)cc12. The van der Waals surface area contributed by atoms with Gasteiger partial charge in [-0.3, -0.25) is 0 Å². The molecule has 0 aliphatic rings. The van der Waals surface area contributed by atoms with Gasteiger partial charge in [0.15, 0.2) is 0 Å². The lowest BCUT2D eigenvalue weighted by Gasteiger charge is -2.07. The molecular formula is C15H12ClNO3S. The Hall–Kier alpha value is -1.98. The first kappa shape index (κ1) is 14.0. The van der Waals surface area contributed by atoms with E-state index in [1.54, 1.807) is 48.5 Å². The first-order chi connectivity index (χ1) is 10.0. The van der Waals surface area contributed by atoms with Gasteiger partial charge < -0.3 is 4.74 Å². The van der Waals surface area contributed by atoms with Crippen molar-refractivity contribution in [2.45, 2.75) is 4.90 Å². The van der Waals surface area contributed by atoms with E-state index in [4.69, 9.17) is 16.3 Å². The van der Waals surface area contributed by atoms with Crippen molar-refractivity contribution in [3.8, 4) is 5.75 Å². The van der Waals surface area contributed by atoms with E-state index in [0.717, 1.165) is 0 Å². The third-order valence-corrected chi connectivity index (χ3v) is 5.14. The Morgan fingerprint density at radius 1 is 1.10 bits per heavy atom. The molecule has 0 aliphatic carbocycles. The molecule has 0 N–H and O–H groups in total. The van der Waals surface area contributed by atoms with Gasteiger partial charge in [0.1, 0.15) is 5.75 Å². The summed E-state index contributed by atoms with van der Waals surface area (Å²) in [5, 5.41) is 1.18. The van der Waals surface area contributed by atoms with Crippen LogP contribution in [0.15, 0.2) is 59.6 Å². The van der Waals surface area contributed by atoms with Gasteiger partial charge in [-0.2, -0.15) is 0 Å².